The molecule has 1 saturated carbocycles. The van der Waals surface area contributed by atoms with Gasteiger partial charge in [0.2, 0.25) is 4.77 Å². The monoisotopic (exact) mass is 370 g/mol. The molecule has 7 heteroatoms. The zero-order chi connectivity index (χ0) is 18.1. The van der Waals surface area contributed by atoms with E-state index < -0.39 is 0 Å². The van der Waals surface area contributed by atoms with Crippen molar-refractivity contribution in [3.8, 4) is 11.4 Å². The third kappa shape index (κ3) is 3.59. The van der Waals surface area contributed by atoms with E-state index in [1.165, 1.54) is 17.0 Å². The lowest BCUT2D eigenvalue weighted by Gasteiger charge is -2.13. The number of quaternary nitrogens is 1. The van der Waals surface area contributed by atoms with Crippen LogP contribution in [0.25, 0.3) is 11.4 Å². The predicted octanol–water partition coefficient (Wildman–Crippen LogP) is 2.62. The van der Waals surface area contributed by atoms with Gasteiger partial charge in [0.1, 0.15) is 12.4 Å². The van der Waals surface area contributed by atoms with Gasteiger partial charge >= 0.3 is 0 Å². The molecule has 2 heterocycles. The zero-order valence-corrected chi connectivity index (χ0v) is 15.4. The van der Waals surface area contributed by atoms with Crippen LogP contribution >= 0.6 is 12.2 Å². The van der Waals surface area contributed by atoms with Crippen molar-refractivity contribution in [1.29, 1.82) is 0 Å². The van der Waals surface area contributed by atoms with Crippen LogP contribution in [0.5, 0.6) is 0 Å². The maximum atomic E-state index is 13.1. The van der Waals surface area contributed by atoms with Crippen molar-refractivity contribution >= 4 is 12.2 Å². The van der Waals surface area contributed by atoms with Gasteiger partial charge in [-0.1, -0.05) is 12.1 Å². The summed E-state index contributed by atoms with van der Waals surface area (Å²) in [5.41, 5.74) is 2.07. The van der Waals surface area contributed by atoms with Gasteiger partial charge in [0.25, 0.3) is 0 Å². The molecule has 0 spiro atoms. The van der Waals surface area contributed by atoms with Crippen LogP contribution in [-0.2, 0) is 13.2 Å². The number of halogens is 1. The van der Waals surface area contributed by atoms with E-state index in [1.54, 1.807) is 6.20 Å². The summed E-state index contributed by atoms with van der Waals surface area (Å²) < 4.78 is 17.9. The van der Waals surface area contributed by atoms with Crippen LogP contribution in [-0.4, -0.2) is 26.4 Å². The molecule has 1 atom stereocenters. The molecular formula is C19H21FN5S+. The standard InChI is InChI=1S/C19H20FN5S/c1-23(12-14-4-6-16(20)7-5-14)13-24-19(26)25(17-8-9-17)18(22-24)15-3-2-10-21-11-15/h2-7,10-11,17H,8-9,12-13H2,1H3/p+1. The van der Waals surface area contributed by atoms with Crippen LogP contribution in [0, 0.1) is 10.6 Å². The van der Waals surface area contributed by atoms with Crippen LogP contribution in [0.1, 0.15) is 24.4 Å². The lowest BCUT2D eigenvalue weighted by Crippen LogP contribution is -3.07. The molecule has 134 valence electrons. The minimum Gasteiger partial charge on any atom is -0.315 e. The Balaban J connectivity index is 1.58. The number of aromatic nitrogens is 4. The van der Waals surface area contributed by atoms with Gasteiger partial charge in [0.05, 0.1) is 7.05 Å². The molecule has 1 aliphatic rings. The number of nitrogens with zero attached hydrogens (tertiary/aromatic N) is 4. The van der Waals surface area contributed by atoms with Crippen molar-refractivity contribution in [2.45, 2.75) is 32.1 Å². The summed E-state index contributed by atoms with van der Waals surface area (Å²) in [7, 11) is 2.09. The summed E-state index contributed by atoms with van der Waals surface area (Å²) in [5, 5.41) is 4.79. The normalized spacial score (nSPS) is 15.2. The fourth-order valence-electron chi connectivity index (χ4n) is 3.14. The van der Waals surface area contributed by atoms with E-state index in [-0.39, 0.29) is 5.82 Å². The number of pyridine rings is 1. The molecular weight excluding hydrogens is 349 g/mol. The van der Waals surface area contributed by atoms with Gasteiger partial charge in [0, 0.05) is 29.6 Å². The van der Waals surface area contributed by atoms with Crippen molar-refractivity contribution in [1.82, 2.24) is 19.3 Å². The molecule has 0 aliphatic heterocycles. The van der Waals surface area contributed by atoms with E-state index in [0.29, 0.717) is 12.7 Å². The van der Waals surface area contributed by atoms with Gasteiger partial charge in [0.15, 0.2) is 12.5 Å². The molecule has 1 fully saturated rings. The first-order chi connectivity index (χ1) is 12.6. The molecule has 0 saturated heterocycles. The van der Waals surface area contributed by atoms with E-state index >= 15 is 0 Å². The summed E-state index contributed by atoms with van der Waals surface area (Å²) in [6.45, 7) is 1.43. The lowest BCUT2D eigenvalue weighted by atomic mass is 10.2. The maximum Gasteiger partial charge on any atom is 0.203 e. The number of benzene rings is 1. The Morgan fingerprint density at radius 1 is 1.23 bits per heavy atom. The molecule has 3 aromatic rings. The summed E-state index contributed by atoms with van der Waals surface area (Å²) in [4.78, 5) is 5.44. The number of hydrogen-bond donors (Lipinski definition) is 1. The molecule has 1 aliphatic carbocycles. The van der Waals surface area contributed by atoms with Gasteiger partial charge in [-0.05, 0) is 49.3 Å². The van der Waals surface area contributed by atoms with E-state index in [0.717, 1.165) is 41.1 Å². The van der Waals surface area contributed by atoms with Crippen LogP contribution in [0.4, 0.5) is 4.39 Å². The largest absolute Gasteiger partial charge is 0.315 e. The quantitative estimate of drug-likeness (QED) is 0.678. The lowest BCUT2D eigenvalue weighted by molar-refractivity contribution is -0.917. The molecule has 0 bridgehead atoms. The smallest absolute Gasteiger partial charge is 0.203 e. The molecule has 2 aromatic heterocycles. The number of hydrogen-bond acceptors (Lipinski definition) is 3. The Hall–Kier alpha value is -2.38. The highest BCUT2D eigenvalue weighted by Crippen LogP contribution is 2.38. The summed E-state index contributed by atoms with van der Waals surface area (Å²) >= 11 is 5.71. The van der Waals surface area contributed by atoms with E-state index in [1.807, 2.05) is 35.1 Å². The Labute approximate surface area is 156 Å². The van der Waals surface area contributed by atoms with Crippen molar-refractivity contribution < 1.29 is 9.29 Å². The molecule has 26 heavy (non-hydrogen) atoms. The highest BCUT2D eigenvalue weighted by atomic mass is 32.1. The second kappa shape index (κ2) is 7.09. The Kier molecular flexibility index (Phi) is 4.65. The van der Waals surface area contributed by atoms with Crippen molar-refractivity contribution in [3.63, 3.8) is 0 Å². The first-order valence-corrected chi connectivity index (χ1v) is 9.18. The molecule has 4 rings (SSSR count). The average Bonchev–Trinajstić information content (AvgIpc) is 3.43. The average molecular weight is 370 g/mol. The molecule has 0 radical (unpaired) electrons. The van der Waals surface area contributed by atoms with Crippen LogP contribution < -0.4 is 4.90 Å². The highest BCUT2D eigenvalue weighted by molar-refractivity contribution is 7.71. The second-order valence-electron chi connectivity index (χ2n) is 6.87. The maximum absolute atomic E-state index is 13.1. The second-order valence-corrected chi connectivity index (χ2v) is 7.23. The van der Waals surface area contributed by atoms with E-state index in [9.17, 15) is 4.39 Å². The van der Waals surface area contributed by atoms with Crippen molar-refractivity contribution in [3.05, 3.63) is 64.9 Å². The number of rotatable bonds is 6. The molecule has 1 N–H and O–H groups in total. The first kappa shape index (κ1) is 17.1. The van der Waals surface area contributed by atoms with Crippen LogP contribution in [0.3, 0.4) is 0 Å². The van der Waals surface area contributed by atoms with Gasteiger partial charge in [-0.3, -0.25) is 9.55 Å². The minimum atomic E-state index is -0.210. The molecule has 1 aromatic carbocycles. The summed E-state index contributed by atoms with van der Waals surface area (Å²) in [5.74, 6) is 0.679. The molecule has 1 unspecified atom stereocenters. The fourth-order valence-corrected chi connectivity index (χ4v) is 3.48. The predicted molar refractivity (Wildman–Crippen MR) is 99.5 cm³/mol. The van der Waals surface area contributed by atoms with Gasteiger partial charge in [-0.2, -0.15) is 4.68 Å². The van der Waals surface area contributed by atoms with Gasteiger partial charge in [-0.25, -0.2) is 4.39 Å². The topological polar surface area (TPSA) is 40.1 Å². The highest BCUT2D eigenvalue weighted by Gasteiger charge is 2.29. The summed E-state index contributed by atoms with van der Waals surface area (Å²) in [6.07, 6.45) is 5.88. The first-order valence-electron chi connectivity index (χ1n) is 8.77. The van der Waals surface area contributed by atoms with Crippen molar-refractivity contribution in [2.24, 2.45) is 0 Å². The van der Waals surface area contributed by atoms with E-state index in [2.05, 4.69) is 16.6 Å². The van der Waals surface area contributed by atoms with Gasteiger partial charge < -0.3 is 4.90 Å². The fraction of sp³-hybridized carbons (Fsp3) is 0.316. The van der Waals surface area contributed by atoms with Gasteiger partial charge in [-0.15, -0.1) is 5.10 Å². The Morgan fingerprint density at radius 3 is 2.65 bits per heavy atom. The molecule has 0 amide bonds. The SMILES string of the molecule is C[NH+](Cc1ccc(F)cc1)Cn1nc(-c2cccnc2)n(C2CC2)c1=S. The van der Waals surface area contributed by atoms with Crippen molar-refractivity contribution in [2.75, 3.05) is 7.05 Å². The van der Waals surface area contributed by atoms with Crippen LogP contribution in [0.15, 0.2) is 48.8 Å². The Bertz CT molecular complexity index is 944. The number of nitrogens with one attached hydrogen (secondary N) is 1. The third-order valence-electron chi connectivity index (χ3n) is 4.54. The third-order valence-corrected chi connectivity index (χ3v) is 4.95. The van der Waals surface area contributed by atoms with Crippen LogP contribution in [0.2, 0.25) is 0 Å². The Morgan fingerprint density at radius 2 is 2.00 bits per heavy atom. The molecule has 5 nitrogen and oxygen atoms in total. The summed E-state index contributed by atoms with van der Waals surface area (Å²) in [6, 6.07) is 11.0. The van der Waals surface area contributed by atoms with E-state index in [4.69, 9.17) is 17.3 Å². The minimum absolute atomic E-state index is 0.210. The zero-order valence-electron chi connectivity index (χ0n) is 14.6.